The number of carboxylic acids is 1. The molecule has 1 rings (SSSR count). The molecular formula is C11H12ClNO3. The molecule has 1 aromatic rings. The van der Waals surface area contributed by atoms with Crippen LogP contribution < -0.4 is 5.56 Å². The van der Waals surface area contributed by atoms with Crippen LogP contribution >= 0.6 is 11.6 Å². The molecule has 0 radical (unpaired) electrons. The zero-order chi connectivity index (χ0) is 12.3. The molecule has 1 aromatic heterocycles. The van der Waals surface area contributed by atoms with Crippen molar-refractivity contribution in [2.75, 3.05) is 0 Å². The van der Waals surface area contributed by atoms with E-state index in [9.17, 15) is 9.59 Å². The van der Waals surface area contributed by atoms with E-state index in [2.05, 4.69) is 0 Å². The SMILES string of the molecule is Cc1cc(C)n(CC=CCl)c(=O)c1C(=O)O. The number of nitrogens with zero attached hydrogens (tertiary/aromatic N) is 1. The third-order valence-electron chi connectivity index (χ3n) is 2.30. The summed E-state index contributed by atoms with van der Waals surface area (Å²) in [5, 5.41) is 8.93. The highest BCUT2D eigenvalue weighted by Crippen LogP contribution is 2.06. The fraction of sp³-hybridized carbons (Fsp3) is 0.273. The molecule has 0 aliphatic rings. The van der Waals surface area contributed by atoms with Gasteiger partial charge in [0.2, 0.25) is 0 Å². The number of hydrogen-bond acceptors (Lipinski definition) is 2. The molecule has 4 nitrogen and oxygen atoms in total. The number of pyridine rings is 1. The number of carbonyl (C=O) groups is 1. The van der Waals surface area contributed by atoms with Gasteiger partial charge >= 0.3 is 5.97 Å². The van der Waals surface area contributed by atoms with E-state index in [4.69, 9.17) is 16.7 Å². The minimum Gasteiger partial charge on any atom is -0.477 e. The van der Waals surface area contributed by atoms with Gasteiger partial charge in [-0.2, -0.15) is 0 Å². The van der Waals surface area contributed by atoms with E-state index in [1.165, 1.54) is 10.1 Å². The van der Waals surface area contributed by atoms with Crippen LogP contribution in [0.2, 0.25) is 0 Å². The maximum absolute atomic E-state index is 11.9. The van der Waals surface area contributed by atoms with Gasteiger partial charge in [-0.1, -0.05) is 17.7 Å². The Morgan fingerprint density at radius 3 is 2.69 bits per heavy atom. The van der Waals surface area contributed by atoms with Crippen molar-refractivity contribution in [3.8, 4) is 0 Å². The largest absolute Gasteiger partial charge is 0.477 e. The number of aromatic carboxylic acids is 1. The van der Waals surface area contributed by atoms with Gasteiger partial charge in [-0.15, -0.1) is 0 Å². The van der Waals surface area contributed by atoms with Gasteiger partial charge in [0.1, 0.15) is 5.56 Å². The summed E-state index contributed by atoms with van der Waals surface area (Å²) in [6.07, 6.45) is 1.58. The fourth-order valence-corrected chi connectivity index (χ4v) is 1.64. The highest BCUT2D eigenvalue weighted by Gasteiger charge is 2.15. The van der Waals surface area contributed by atoms with Crippen LogP contribution in [0.5, 0.6) is 0 Å². The number of halogens is 1. The van der Waals surface area contributed by atoms with Crippen LogP contribution in [0, 0.1) is 13.8 Å². The first kappa shape index (κ1) is 12.5. The van der Waals surface area contributed by atoms with Crippen LogP contribution in [0.1, 0.15) is 21.6 Å². The quantitative estimate of drug-likeness (QED) is 0.880. The van der Waals surface area contributed by atoms with Crippen molar-refractivity contribution in [3.63, 3.8) is 0 Å². The molecule has 0 aliphatic carbocycles. The lowest BCUT2D eigenvalue weighted by Gasteiger charge is -2.10. The Bertz CT molecular complexity index is 503. The second-order valence-corrected chi connectivity index (χ2v) is 3.68. The molecule has 0 saturated carbocycles. The maximum atomic E-state index is 11.9. The maximum Gasteiger partial charge on any atom is 0.341 e. The Morgan fingerprint density at radius 1 is 1.56 bits per heavy atom. The van der Waals surface area contributed by atoms with Gasteiger partial charge in [-0.05, 0) is 25.5 Å². The van der Waals surface area contributed by atoms with Gasteiger partial charge in [0.05, 0.1) is 0 Å². The highest BCUT2D eigenvalue weighted by atomic mass is 35.5. The minimum atomic E-state index is -1.20. The monoisotopic (exact) mass is 241 g/mol. The molecule has 0 unspecified atom stereocenters. The van der Waals surface area contributed by atoms with Crippen molar-refractivity contribution in [1.29, 1.82) is 0 Å². The second kappa shape index (κ2) is 4.99. The molecule has 0 aromatic carbocycles. The van der Waals surface area contributed by atoms with Crippen LogP contribution in [0.15, 0.2) is 22.5 Å². The van der Waals surface area contributed by atoms with Crippen molar-refractivity contribution in [2.45, 2.75) is 20.4 Å². The zero-order valence-corrected chi connectivity index (χ0v) is 9.78. The first-order valence-electron chi connectivity index (χ1n) is 4.68. The van der Waals surface area contributed by atoms with E-state index >= 15 is 0 Å². The van der Waals surface area contributed by atoms with Gasteiger partial charge in [-0.25, -0.2) is 4.79 Å². The van der Waals surface area contributed by atoms with Crippen molar-refractivity contribution in [1.82, 2.24) is 4.57 Å². The third kappa shape index (κ3) is 2.33. The summed E-state index contributed by atoms with van der Waals surface area (Å²) in [5.74, 6) is -1.20. The molecule has 5 heteroatoms. The Morgan fingerprint density at radius 2 is 2.19 bits per heavy atom. The summed E-state index contributed by atoms with van der Waals surface area (Å²) < 4.78 is 1.37. The molecule has 1 heterocycles. The normalized spacial score (nSPS) is 10.9. The summed E-state index contributed by atoms with van der Waals surface area (Å²) in [6, 6.07) is 1.67. The average Bonchev–Trinajstić information content (AvgIpc) is 2.16. The Hall–Kier alpha value is -1.55. The minimum absolute atomic E-state index is 0.187. The van der Waals surface area contributed by atoms with Crippen LogP contribution in [0.4, 0.5) is 0 Å². The van der Waals surface area contributed by atoms with E-state index in [1.807, 2.05) is 0 Å². The van der Waals surface area contributed by atoms with Crippen molar-refractivity contribution in [3.05, 3.63) is 44.9 Å². The third-order valence-corrected chi connectivity index (χ3v) is 2.47. The summed E-state index contributed by atoms with van der Waals surface area (Å²) in [7, 11) is 0. The molecule has 86 valence electrons. The van der Waals surface area contributed by atoms with Crippen LogP contribution in [-0.4, -0.2) is 15.6 Å². The van der Waals surface area contributed by atoms with Crippen LogP contribution in [-0.2, 0) is 6.54 Å². The molecule has 1 N–H and O–H groups in total. The van der Waals surface area contributed by atoms with E-state index in [0.717, 1.165) is 0 Å². The van der Waals surface area contributed by atoms with Gasteiger partial charge in [0, 0.05) is 17.8 Å². The van der Waals surface area contributed by atoms with Crippen molar-refractivity contribution in [2.24, 2.45) is 0 Å². The lowest BCUT2D eigenvalue weighted by molar-refractivity contribution is 0.0693. The second-order valence-electron chi connectivity index (χ2n) is 3.43. The van der Waals surface area contributed by atoms with Crippen molar-refractivity contribution >= 4 is 17.6 Å². The molecule has 16 heavy (non-hydrogen) atoms. The Labute approximate surface area is 97.8 Å². The number of rotatable bonds is 3. The smallest absolute Gasteiger partial charge is 0.341 e. The number of allylic oxidation sites excluding steroid dienone is 1. The molecule has 0 amide bonds. The van der Waals surface area contributed by atoms with Gasteiger partial charge in [0.15, 0.2) is 0 Å². The lowest BCUT2D eigenvalue weighted by Crippen LogP contribution is -2.28. The fourth-order valence-electron chi connectivity index (χ4n) is 1.56. The van der Waals surface area contributed by atoms with E-state index < -0.39 is 11.5 Å². The van der Waals surface area contributed by atoms with Crippen molar-refractivity contribution < 1.29 is 9.90 Å². The molecule has 0 spiro atoms. The standard InChI is InChI=1S/C11H12ClNO3/c1-7-6-8(2)13(5-3-4-12)10(14)9(7)11(15)16/h3-4,6H,5H2,1-2H3,(H,15,16). The van der Waals surface area contributed by atoms with Gasteiger partial charge in [0.25, 0.3) is 5.56 Å². The first-order valence-corrected chi connectivity index (χ1v) is 5.12. The summed E-state index contributed by atoms with van der Waals surface area (Å²) in [6.45, 7) is 3.64. The predicted octanol–water partition coefficient (Wildman–Crippen LogP) is 1.92. The lowest BCUT2D eigenvalue weighted by atomic mass is 10.1. The molecule has 0 fully saturated rings. The van der Waals surface area contributed by atoms with Crippen LogP contribution in [0.3, 0.4) is 0 Å². The van der Waals surface area contributed by atoms with Gasteiger partial charge < -0.3 is 9.67 Å². The summed E-state index contributed by atoms with van der Waals surface area (Å²) in [5.41, 5.74) is 1.79. The zero-order valence-electron chi connectivity index (χ0n) is 9.03. The Kier molecular flexibility index (Phi) is 3.90. The summed E-state index contributed by atoms with van der Waals surface area (Å²) in [4.78, 5) is 22.8. The predicted molar refractivity (Wildman–Crippen MR) is 62.1 cm³/mol. The number of aryl methyl sites for hydroxylation is 2. The van der Waals surface area contributed by atoms with Gasteiger partial charge in [-0.3, -0.25) is 4.79 Å². The molecule has 0 atom stereocenters. The number of carboxylic acid groups (broad SMARTS) is 1. The first-order chi connectivity index (χ1) is 7.49. The topological polar surface area (TPSA) is 59.3 Å². The summed E-state index contributed by atoms with van der Waals surface area (Å²) >= 11 is 5.38. The number of aromatic nitrogens is 1. The van der Waals surface area contributed by atoms with E-state index in [0.29, 0.717) is 11.3 Å². The van der Waals surface area contributed by atoms with Crippen LogP contribution in [0.25, 0.3) is 0 Å². The average molecular weight is 242 g/mol. The number of hydrogen-bond donors (Lipinski definition) is 1. The molecular weight excluding hydrogens is 230 g/mol. The molecule has 0 aliphatic heterocycles. The Balaban J connectivity index is 3.45. The highest BCUT2D eigenvalue weighted by molar-refractivity contribution is 6.25. The molecule has 0 saturated heterocycles. The molecule has 0 bridgehead atoms. The van der Waals surface area contributed by atoms with E-state index in [-0.39, 0.29) is 12.1 Å². The van der Waals surface area contributed by atoms with E-state index in [1.54, 1.807) is 26.0 Å².